The molecular weight excluding hydrogens is 365 g/mol. The minimum Gasteiger partial charge on any atom is -0.489 e. The summed E-state index contributed by atoms with van der Waals surface area (Å²) in [6.45, 7) is 5.73. The lowest BCUT2D eigenvalue weighted by atomic mass is 10.0. The number of nitrogens with one attached hydrogen (secondary N) is 1. The van der Waals surface area contributed by atoms with Gasteiger partial charge in [-0.15, -0.1) is 0 Å². The van der Waals surface area contributed by atoms with Crippen LogP contribution in [0, 0.1) is 5.82 Å². The monoisotopic (exact) mass is 387 g/mol. The van der Waals surface area contributed by atoms with E-state index in [0.29, 0.717) is 33.7 Å². The lowest BCUT2D eigenvalue weighted by Gasteiger charge is -2.14. The molecule has 0 saturated carbocycles. The van der Waals surface area contributed by atoms with Gasteiger partial charge in [0.05, 0.1) is 19.8 Å². The topological polar surface area (TPSA) is 69.9 Å². The maximum Gasteiger partial charge on any atom is 0.342 e. The summed E-state index contributed by atoms with van der Waals surface area (Å²) in [7, 11) is 1.49. The maximum atomic E-state index is 13.3. The van der Waals surface area contributed by atoms with Crippen LogP contribution in [0.4, 0.5) is 10.1 Å². The van der Waals surface area contributed by atoms with Crippen LogP contribution in [-0.4, -0.2) is 25.8 Å². The number of halogens is 1. The minimum absolute atomic E-state index is 0.0932. The maximum absolute atomic E-state index is 13.3. The molecule has 0 aliphatic carbocycles. The van der Waals surface area contributed by atoms with Gasteiger partial charge in [0.15, 0.2) is 0 Å². The molecule has 0 radical (unpaired) electrons. The number of hydrogen-bond donors (Lipinski definition) is 1. The number of anilines is 1. The molecule has 0 saturated heterocycles. The molecule has 0 unspecified atom stereocenters. The fraction of sp³-hybridized carbons (Fsp3) is 0.286. The molecule has 1 heterocycles. The van der Waals surface area contributed by atoms with Crippen molar-refractivity contribution >= 4 is 22.6 Å². The average Bonchev–Trinajstić information content (AvgIpc) is 3.01. The van der Waals surface area contributed by atoms with E-state index in [0.717, 1.165) is 0 Å². The van der Waals surface area contributed by atoms with Crippen molar-refractivity contribution in [2.45, 2.75) is 26.9 Å². The Balaban J connectivity index is 2.25. The van der Waals surface area contributed by atoms with Gasteiger partial charge in [0.1, 0.15) is 34.2 Å². The summed E-state index contributed by atoms with van der Waals surface area (Å²) < 4.78 is 30.4. The van der Waals surface area contributed by atoms with E-state index in [1.165, 1.54) is 19.2 Å². The molecule has 1 N–H and O–H groups in total. The molecule has 0 bridgehead atoms. The van der Waals surface area contributed by atoms with Gasteiger partial charge in [-0.1, -0.05) is 0 Å². The van der Waals surface area contributed by atoms with Crippen molar-refractivity contribution in [1.82, 2.24) is 0 Å². The summed E-state index contributed by atoms with van der Waals surface area (Å²) >= 11 is 0. The van der Waals surface area contributed by atoms with Crippen LogP contribution in [0.5, 0.6) is 5.75 Å². The second-order valence-electron chi connectivity index (χ2n) is 6.35. The van der Waals surface area contributed by atoms with Gasteiger partial charge in [0.25, 0.3) is 0 Å². The molecule has 0 fully saturated rings. The van der Waals surface area contributed by atoms with E-state index in [9.17, 15) is 9.18 Å². The highest BCUT2D eigenvalue weighted by molar-refractivity contribution is 6.09. The molecule has 148 valence electrons. The van der Waals surface area contributed by atoms with Crippen LogP contribution in [0.15, 0.2) is 40.8 Å². The fourth-order valence-corrected chi connectivity index (χ4v) is 2.87. The van der Waals surface area contributed by atoms with Gasteiger partial charge in [0.2, 0.25) is 0 Å². The molecular formula is C21H22FNO5. The molecule has 28 heavy (non-hydrogen) atoms. The zero-order valence-corrected chi connectivity index (χ0v) is 16.2. The van der Waals surface area contributed by atoms with Gasteiger partial charge in [-0.3, -0.25) is 10.3 Å². The molecule has 3 aromatic rings. The Morgan fingerprint density at radius 2 is 1.93 bits per heavy atom. The Morgan fingerprint density at radius 1 is 1.21 bits per heavy atom. The lowest BCUT2D eigenvalue weighted by Crippen LogP contribution is -2.09. The summed E-state index contributed by atoms with van der Waals surface area (Å²) in [6, 6.07) is 9.11. The molecule has 0 atom stereocenters. The third kappa shape index (κ3) is 3.94. The number of esters is 1. The predicted octanol–water partition coefficient (Wildman–Crippen LogP) is 5.18. The summed E-state index contributed by atoms with van der Waals surface area (Å²) in [5.74, 6) is -0.0971. The van der Waals surface area contributed by atoms with Gasteiger partial charge in [-0.25, -0.2) is 9.18 Å². The van der Waals surface area contributed by atoms with Crippen molar-refractivity contribution in [2.24, 2.45) is 0 Å². The predicted molar refractivity (Wildman–Crippen MR) is 104 cm³/mol. The van der Waals surface area contributed by atoms with Crippen LogP contribution in [-0.2, 0) is 9.57 Å². The van der Waals surface area contributed by atoms with Crippen LogP contribution in [0.2, 0.25) is 0 Å². The number of ether oxygens (including phenoxy) is 2. The first kappa shape index (κ1) is 19.7. The molecule has 6 nitrogen and oxygen atoms in total. The number of hydrogen-bond acceptors (Lipinski definition) is 6. The van der Waals surface area contributed by atoms with Crippen molar-refractivity contribution < 1.29 is 27.9 Å². The van der Waals surface area contributed by atoms with Gasteiger partial charge >= 0.3 is 5.97 Å². The molecule has 0 amide bonds. The molecule has 0 aliphatic rings. The van der Waals surface area contributed by atoms with E-state index in [2.05, 4.69) is 5.48 Å². The van der Waals surface area contributed by atoms with Crippen molar-refractivity contribution in [2.75, 3.05) is 19.2 Å². The smallest absolute Gasteiger partial charge is 0.342 e. The summed E-state index contributed by atoms with van der Waals surface area (Å²) in [4.78, 5) is 17.7. The Hall–Kier alpha value is -3.06. The Kier molecular flexibility index (Phi) is 5.84. The van der Waals surface area contributed by atoms with Gasteiger partial charge in [-0.05, 0) is 51.1 Å². The zero-order chi connectivity index (χ0) is 20.3. The molecule has 1 aromatic heterocycles. The van der Waals surface area contributed by atoms with Gasteiger partial charge in [-0.2, -0.15) is 0 Å². The SMILES string of the molecule is CCOC(=O)c1c(-c2ccc(F)cc2)oc2cc(NOC)c(OC(C)C)cc12. The molecule has 0 aliphatic heterocycles. The van der Waals surface area contributed by atoms with Crippen molar-refractivity contribution in [3.63, 3.8) is 0 Å². The minimum atomic E-state index is -0.525. The lowest BCUT2D eigenvalue weighted by molar-refractivity contribution is 0.0528. The second kappa shape index (κ2) is 8.31. The third-order valence-corrected chi connectivity index (χ3v) is 3.95. The number of furan rings is 1. The van der Waals surface area contributed by atoms with Crippen LogP contribution in [0.25, 0.3) is 22.3 Å². The number of carbonyl (C=O) groups is 1. The third-order valence-electron chi connectivity index (χ3n) is 3.95. The van der Waals surface area contributed by atoms with E-state index >= 15 is 0 Å². The van der Waals surface area contributed by atoms with Crippen molar-refractivity contribution in [3.05, 3.63) is 47.8 Å². The molecule has 2 aromatic carbocycles. The summed E-state index contributed by atoms with van der Waals surface area (Å²) in [5, 5.41) is 0.537. The van der Waals surface area contributed by atoms with Gasteiger partial charge in [0, 0.05) is 17.0 Å². The zero-order valence-electron chi connectivity index (χ0n) is 16.2. The Morgan fingerprint density at radius 3 is 2.54 bits per heavy atom. The standard InChI is InChI=1S/C21H22FNO5/c1-5-26-21(24)19-15-10-18(27-12(2)3)16(23-25-4)11-17(15)28-20(19)13-6-8-14(22)9-7-13/h6-12,23H,5H2,1-4H3. The molecule has 7 heteroatoms. The fourth-order valence-electron chi connectivity index (χ4n) is 2.87. The van der Waals surface area contributed by atoms with Crippen LogP contribution < -0.4 is 10.2 Å². The highest BCUT2D eigenvalue weighted by atomic mass is 19.1. The Bertz CT molecular complexity index is 979. The second-order valence-corrected chi connectivity index (χ2v) is 6.35. The average molecular weight is 387 g/mol. The quantitative estimate of drug-likeness (QED) is 0.445. The van der Waals surface area contributed by atoms with Crippen LogP contribution >= 0.6 is 0 Å². The Labute approximate surface area is 162 Å². The highest BCUT2D eigenvalue weighted by Crippen LogP contribution is 2.39. The van der Waals surface area contributed by atoms with E-state index in [1.807, 2.05) is 13.8 Å². The number of carbonyl (C=O) groups excluding carboxylic acids is 1. The van der Waals surface area contributed by atoms with Crippen molar-refractivity contribution in [1.29, 1.82) is 0 Å². The molecule has 3 rings (SSSR count). The van der Waals surface area contributed by atoms with Crippen LogP contribution in [0.3, 0.4) is 0 Å². The largest absolute Gasteiger partial charge is 0.489 e. The number of fused-ring (bicyclic) bond motifs is 1. The first-order valence-electron chi connectivity index (χ1n) is 8.93. The number of rotatable bonds is 7. The summed E-state index contributed by atoms with van der Waals surface area (Å²) in [5.41, 5.74) is 4.58. The van der Waals surface area contributed by atoms with E-state index < -0.39 is 5.97 Å². The first-order chi connectivity index (χ1) is 13.4. The van der Waals surface area contributed by atoms with Crippen LogP contribution in [0.1, 0.15) is 31.1 Å². The number of benzene rings is 2. The normalized spacial score (nSPS) is 11.1. The summed E-state index contributed by atoms with van der Waals surface area (Å²) in [6.07, 6.45) is -0.0932. The van der Waals surface area contributed by atoms with E-state index in [-0.39, 0.29) is 24.1 Å². The first-order valence-corrected chi connectivity index (χ1v) is 8.93. The molecule has 0 spiro atoms. The van der Waals surface area contributed by atoms with E-state index in [4.69, 9.17) is 18.7 Å². The van der Waals surface area contributed by atoms with Crippen molar-refractivity contribution in [3.8, 4) is 17.1 Å². The van der Waals surface area contributed by atoms with Gasteiger partial charge < -0.3 is 13.9 Å². The highest BCUT2D eigenvalue weighted by Gasteiger charge is 2.25. The van der Waals surface area contributed by atoms with E-state index in [1.54, 1.807) is 31.2 Å².